The minimum absolute atomic E-state index is 0.0401. The van der Waals surface area contributed by atoms with Crippen molar-refractivity contribution in [3.63, 3.8) is 0 Å². The molecule has 1 atom stereocenters. The molecule has 3 amide bonds. The number of likely N-dealkylation sites (tertiary alicyclic amines) is 1. The van der Waals surface area contributed by atoms with Crippen LogP contribution in [0.25, 0.3) is 0 Å². The van der Waals surface area contributed by atoms with Crippen LogP contribution in [0.3, 0.4) is 0 Å². The van der Waals surface area contributed by atoms with E-state index in [4.69, 9.17) is 4.74 Å². The highest BCUT2D eigenvalue weighted by atomic mass is 16.5. The summed E-state index contributed by atoms with van der Waals surface area (Å²) in [5, 5.41) is 3.11. The van der Waals surface area contributed by atoms with Crippen molar-refractivity contribution < 1.29 is 14.3 Å². The van der Waals surface area contributed by atoms with Gasteiger partial charge in [0.05, 0.1) is 6.04 Å². The zero-order valence-corrected chi connectivity index (χ0v) is 15.7. The Hall–Kier alpha value is -1.30. The summed E-state index contributed by atoms with van der Waals surface area (Å²) in [4.78, 5) is 29.3. The summed E-state index contributed by atoms with van der Waals surface area (Å²) in [6.45, 7) is 7.98. The number of hydrogen-bond acceptors (Lipinski definition) is 3. The normalized spacial score (nSPS) is 24.6. The van der Waals surface area contributed by atoms with E-state index in [9.17, 15) is 9.59 Å². The van der Waals surface area contributed by atoms with Crippen molar-refractivity contribution in [1.29, 1.82) is 0 Å². The van der Waals surface area contributed by atoms with Crippen molar-refractivity contribution in [2.24, 2.45) is 11.8 Å². The molecule has 2 aliphatic heterocycles. The molecular weight excluding hydrogens is 318 g/mol. The van der Waals surface area contributed by atoms with E-state index >= 15 is 0 Å². The Labute approximate surface area is 151 Å². The third kappa shape index (κ3) is 4.87. The molecule has 6 nitrogen and oxygen atoms in total. The van der Waals surface area contributed by atoms with Gasteiger partial charge in [-0.15, -0.1) is 0 Å². The number of urea groups is 1. The van der Waals surface area contributed by atoms with Gasteiger partial charge in [-0.25, -0.2) is 4.79 Å². The van der Waals surface area contributed by atoms with Gasteiger partial charge in [0.2, 0.25) is 5.91 Å². The van der Waals surface area contributed by atoms with Gasteiger partial charge in [0.25, 0.3) is 0 Å². The van der Waals surface area contributed by atoms with Gasteiger partial charge in [-0.05, 0) is 44.4 Å². The van der Waals surface area contributed by atoms with Crippen LogP contribution in [0.2, 0.25) is 0 Å². The number of nitrogens with zero attached hydrogens (tertiary/aromatic N) is 2. The summed E-state index contributed by atoms with van der Waals surface area (Å²) >= 11 is 0. The van der Waals surface area contributed by atoms with Crippen molar-refractivity contribution in [2.75, 3.05) is 32.8 Å². The molecule has 0 bridgehead atoms. The van der Waals surface area contributed by atoms with Crippen LogP contribution in [0.4, 0.5) is 4.79 Å². The third-order valence-corrected chi connectivity index (χ3v) is 5.61. The fourth-order valence-corrected chi connectivity index (χ4v) is 3.91. The lowest BCUT2D eigenvalue weighted by molar-refractivity contribution is -0.131. The summed E-state index contributed by atoms with van der Waals surface area (Å²) in [5.74, 6) is 1.14. The molecule has 0 aromatic carbocycles. The van der Waals surface area contributed by atoms with E-state index in [-0.39, 0.29) is 24.0 Å². The summed E-state index contributed by atoms with van der Waals surface area (Å²) in [5.41, 5.74) is 0. The minimum atomic E-state index is 0.0401. The zero-order chi connectivity index (χ0) is 17.8. The van der Waals surface area contributed by atoms with Gasteiger partial charge in [0.1, 0.15) is 0 Å². The second-order valence-electron chi connectivity index (χ2n) is 8.17. The maximum Gasteiger partial charge on any atom is 0.317 e. The smallest absolute Gasteiger partial charge is 0.317 e. The number of carbonyl (C=O) groups excluding carboxylic acids is 2. The quantitative estimate of drug-likeness (QED) is 0.798. The van der Waals surface area contributed by atoms with Crippen LogP contribution >= 0.6 is 0 Å². The molecule has 0 spiro atoms. The first-order valence-corrected chi connectivity index (χ1v) is 9.99. The molecule has 2 saturated heterocycles. The van der Waals surface area contributed by atoms with Crippen LogP contribution in [-0.2, 0) is 9.53 Å². The van der Waals surface area contributed by atoms with Crippen molar-refractivity contribution in [3.05, 3.63) is 0 Å². The number of nitrogens with one attached hydrogen (secondary N) is 1. The van der Waals surface area contributed by atoms with Crippen molar-refractivity contribution in [3.8, 4) is 0 Å². The van der Waals surface area contributed by atoms with Gasteiger partial charge >= 0.3 is 6.03 Å². The predicted molar refractivity (Wildman–Crippen MR) is 96.2 cm³/mol. The Balaban J connectivity index is 1.61. The average Bonchev–Trinajstić information content (AvgIpc) is 3.34. The van der Waals surface area contributed by atoms with Gasteiger partial charge in [-0.2, -0.15) is 0 Å². The molecule has 25 heavy (non-hydrogen) atoms. The van der Waals surface area contributed by atoms with Crippen LogP contribution in [0.1, 0.15) is 52.4 Å². The van der Waals surface area contributed by atoms with Crippen molar-refractivity contribution >= 4 is 11.9 Å². The van der Waals surface area contributed by atoms with E-state index in [1.54, 1.807) is 0 Å². The van der Waals surface area contributed by atoms with Gasteiger partial charge in [-0.1, -0.05) is 13.8 Å². The fraction of sp³-hybridized carbons (Fsp3) is 0.895. The second-order valence-corrected chi connectivity index (χ2v) is 8.17. The number of amides is 3. The first-order chi connectivity index (χ1) is 12.1. The SMILES string of the molecule is CC(C)CCNC(=O)N(C1CCOCC1)C1CCN(C(=O)C2CC2)C1. The van der Waals surface area contributed by atoms with E-state index in [0.29, 0.717) is 24.9 Å². The highest BCUT2D eigenvalue weighted by molar-refractivity contribution is 5.81. The third-order valence-electron chi connectivity index (χ3n) is 5.61. The Morgan fingerprint density at radius 3 is 2.48 bits per heavy atom. The van der Waals surface area contributed by atoms with Crippen LogP contribution in [0.15, 0.2) is 0 Å². The molecule has 3 fully saturated rings. The molecule has 3 rings (SSSR count). The maximum atomic E-state index is 12.9. The van der Waals surface area contributed by atoms with Gasteiger partial charge in [0.15, 0.2) is 0 Å². The molecule has 1 unspecified atom stereocenters. The molecule has 0 aromatic heterocycles. The monoisotopic (exact) mass is 351 g/mol. The van der Waals surface area contributed by atoms with Crippen LogP contribution in [0, 0.1) is 11.8 Å². The molecule has 1 saturated carbocycles. The summed E-state index contributed by atoms with van der Waals surface area (Å²) in [7, 11) is 0. The van der Waals surface area contributed by atoms with E-state index in [1.807, 2.05) is 9.80 Å². The molecule has 2 heterocycles. The van der Waals surface area contributed by atoms with Gasteiger partial charge in [0, 0.05) is 44.8 Å². The van der Waals surface area contributed by atoms with Crippen LogP contribution in [0.5, 0.6) is 0 Å². The molecule has 3 aliphatic rings. The second kappa shape index (κ2) is 8.39. The Bertz CT molecular complexity index is 473. The molecule has 1 aliphatic carbocycles. The van der Waals surface area contributed by atoms with Gasteiger partial charge < -0.3 is 19.9 Å². The number of rotatable bonds is 6. The highest BCUT2D eigenvalue weighted by Gasteiger charge is 2.40. The van der Waals surface area contributed by atoms with E-state index in [2.05, 4.69) is 19.2 Å². The van der Waals surface area contributed by atoms with E-state index in [0.717, 1.165) is 58.3 Å². The lowest BCUT2D eigenvalue weighted by Crippen LogP contribution is -2.54. The maximum absolute atomic E-state index is 12.9. The topological polar surface area (TPSA) is 61.9 Å². The Morgan fingerprint density at radius 1 is 1.12 bits per heavy atom. The van der Waals surface area contributed by atoms with Crippen molar-refractivity contribution in [2.45, 2.75) is 64.5 Å². The molecule has 1 N–H and O–H groups in total. The number of hydrogen-bond donors (Lipinski definition) is 1. The highest BCUT2D eigenvalue weighted by Crippen LogP contribution is 2.33. The molecule has 0 aromatic rings. The average molecular weight is 351 g/mol. The first-order valence-electron chi connectivity index (χ1n) is 9.99. The first kappa shape index (κ1) is 18.5. The Kier molecular flexibility index (Phi) is 6.20. The zero-order valence-electron chi connectivity index (χ0n) is 15.7. The summed E-state index contributed by atoms with van der Waals surface area (Å²) < 4.78 is 5.48. The molecule has 6 heteroatoms. The molecular formula is C19H33N3O3. The van der Waals surface area contributed by atoms with Crippen LogP contribution in [-0.4, -0.2) is 66.7 Å². The lowest BCUT2D eigenvalue weighted by atomic mass is 10.0. The number of ether oxygens (including phenoxy) is 1. The molecule has 0 radical (unpaired) electrons. The minimum Gasteiger partial charge on any atom is -0.381 e. The Morgan fingerprint density at radius 2 is 1.84 bits per heavy atom. The molecule has 142 valence electrons. The predicted octanol–water partition coefficient (Wildman–Crippen LogP) is 2.23. The number of carbonyl (C=O) groups is 2. The standard InChI is InChI=1S/C19H33N3O3/c1-14(2)5-9-20-19(24)22(16-7-11-25-12-8-16)17-6-10-21(13-17)18(23)15-3-4-15/h14-17H,3-13H2,1-2H3,(H,20,24). The van der Waals surface area contributed by atoms with E-state index in [1.165, 1.54) is 0 Å². The summed E-state index contributed by atoms with van der Waals surface area (Å²) in [6.07, 6.45) is 5.76. The van der Waals surface area contributed by atoms with Crippen LogP contribution < -0.4 is 5.32 Å². The van der Waals surface area contributed by atoms with Crippen molar-refractivity contribution in [1.82, 2.24) is 15.1 Å². The summed E-state index contributed by atoms with van der Waals surface area (Å²) in [6, 6.07) is 0.414. The fourth-order valence-electron chi connectivity index (χ4n) is 3.91. The van der Waals surface area contributed by atoms with E-state index < -0.39 is 0 Å². The largest absolute Gasteiger partial charge is 0.381 e. The lowest BCUT2D eigenvalue weighted by Gasteiger charge is -2.38. The van der Waals surface area contributed by atoms with Gasteiger partial charge in [-0.3, -0.25) is 4.79 Å².